The quantitative estimate of drug-likeness (QED) is 0.606. The minimum Gasteiger partial charge on any atom is -0.379 e. The summed E-state index contributed by atoms with van der Waals surface area (Å²) in [5, 5.41) is 1.87. The third kappa shape index (κ3) is 4.59. The van der Waals surface area contributed by atoms with Crippen LogP contribution in [0.25, 0.3) is 0 Å². The number of sulfonamides is 1. The lowest BCUT2D eigenvalue weighted by molar-refractivity contribution is 0.0730. The maximum Gasteiger partial charge on any atom is 0.279 e. The fraction of sp³-hybridized carbons (Fsp3) is 0.238. The van der Waals surface area contributed by atoms with Gasteiger partial charge in [0.15, 0.2) is 4.80 Å². The number of amides is 1. The first-order valence-electron chi connectivity index (χ1n) is 9.49. The van der Waals surface area contributed by atoms with E-state index in [1.807, 2.05) is 46.5 Å². The van der Waals surface area contributed by atoms with Crippen molar-refractivity contribution in [3.8, 4) is 0 Å². The molecule has 1 aliphatic rings. The van der Waals surface area contributed by atoms with Crippen LogP contribution in [-0.2, 0) is 21.3 Å². The van der Waals surface area contributed by atoms with Crippen molar-refractivity contribution in [3.05, 3.63) is 82.1 Å². The molecule has 156 valence electrons. The van der Waals surface area contributed by atoms with E-state index in [4.69, 9.17) is 4.74 Å². The van der Waals surface area contributed by atoms with Gasteiger partial charge in [0.2, 0.25) is 10.0 Å². The van der Waals surface area contributed by atoms with Gasteiger partial charge in [-0.3, -0.25) is 4.79 Å². The van der Waals surface area contributed by atoms with E-state index in [1.165, 1.54) is 27.8 Å². The number of nitrogens with zero attached hydrogens (tertiary/aromatic N) is 3. The Morgan fingerprint density at radius 3 is 2.60 bits per heavy atom. The standard InChI is InChI=1S/C21H21N3O4S2/c25-20(22-21-23(11-14-29-21)16-17-5-2-1-3-6-17)18-7-4-8-19(15-18)30(26,27)24-9-12-28-13-10-24/h1-8,11,14-15H,9-10,12-13,16H2. The molecule has 1 fully saturated rings. The third-order valence-corrected chi connectivity index (χ3v) is 7.43. The zero-order valence-corrected chi connectivity index (χ0v) is 17.8. The maximum absolute atomic E-state index is 12.9. The molecule has 0 saturated carbocycles. The number of thiazole rings is 1. The molecule has 9 heteroatoms. The average molecular weight is 444 g/mol. The third-order valence-electron chi connectivity index (χ3n) is 4.74. The van der Waals surface area contributed by atoms with E-state index >= 15 is 0 Å². The molecule has 0 radical (unpaired) electrons. The van der Waals surface area contributed by atoms with Crippen molar-refractivity contribution >= 4 is 27.3 Å². The Kier molecular flexibility index (Phi) is 6.24. The maximum atomic E-state index is 12.9. The monoisotopic (exact) mass is 443 g/mol. The molecular weight excluding hydrogens is 422 g/mol. The molecule has 0 N–H and O–H groups in total. The number of aromatic nitrogens is 1. The van der Waals surface area contributed by atoms with E-state index in [-0.39, 0.29) is 10.5 Å². The predicted octanol–water partition coefficient (Wildman–Crippen LogP) is 2.36. The van der Waals surface area contributed by atoms with E-state index in [2.05, 4.69) is 4.99 Å². The van der Waals surface area contributed by atoms with Crippen LogP contribution in [0.4, 0.5) is 0 Å². The van der Waals surface area contributed by atoms with Crippen molar-refractivity contribution < 1.29 is 17.9 Å². The molecule has 0 unspecified atom stereocenters. The molecule has 1 amide bonds. The Morgan fingerprint density at radius 1 is 1.07 bits per heavy atom. The van der Waals surface area contributed by atoms with Gasteiger partial charge in [-0.2, -0.15) is 9.30 Å². The second-order valence-corrected chi connectivity index (χ2v) is 9.57. The molecule has 0 bridgehead atoms. The van der Waals surface area contributed by atoms with Gasteiger partial charge in [-0.1, -0.05) is 36.4 Å². The highest BCUT2D eigenvalue weighted by Gasteiger charge is 2.26. The lowest BCUT2D eigenvalue weighted by atomic mass is 10.2. The number of morpholine rings is 1. The summed E-state index contributed by atoms with van der Waals surface area (Å²) in [7, 11) is -3.67. The van der Waals surface area contributed by atoms with Crippen LogP contribution in [0.1, 0.15) is 15.9 Å². The van der Waals surface area contributed by atoms with E-state index < -0.39 is 15.9 Å². The van der Waals surface area contributed by atoms with Crippen LogP contribution in [0.3, 0.4) is 0 Å². The second-order valence-electron chi connectivity index (χ2n) is 6.76. The molecule has 4 rings (SSSR count). The predicted molar refractivity (Wildman–Crippen MR) is 114 cm³/mol. The summed E-state index contributed by atoms with van der Waals surface area (Å²) < 4.78 is 34.2. The van der Waals surface area contributed by atoms with E-state index in [1.54, 1.807) is 12.1 Å². The van der Waals surface area contributed by atoms with Crippen LogP contribution in [0.15, 0.2) is 76.1 Å². The Morgan fingerprint density at radius 2 is 1.83 bits per heavy atom. The van der Waals surface area contributed by atoms with Crippen LogP contribution in [0.5, 0.6) is 0 Å². The van der Waals surface area contributed by atoms with Crippen molar-refractivity contribution in [2.24, 2.45) is 4.99 Å². The Labute approximate surface area is 178 Å². The Bertz CT molecular complexity index is 1190. The first kappa shape index (κ1) is 20.7. The highest BCUT2D eigenvalue weighted by atomic mass is 32.2. The lowest BCUT2D eigenvalue weighted by Gasteiger charge is -2.26. The molecule has 0 aliphatic carbocycles. The first-order chi connectivity index (χ1) is 14.5. The largest absolute Gasteiger partial charge is 0.379 e. The van der Waals surface area contributed by atoms with Crippen molar-refractivity contribution in [2.45, 2.75) is 11.4 Å². The van der Waals surface area contributed by atoms with Crippen LogP contribution < -0.4 is 4.80 Å². The minimum absolute atomic E-state index is 0.0915. The van der Waals surface area contributed by atoms with Crippen LogP contribution in [-0.4, -0.2) is 49.5 Å². The lowest BCUT2D eigenvalue weighted by Crippen LogP contribution is -2.40. The SMILES string of the molecule is O=C(N=c1sccn1Cc1ccccc1)c1cccc(S(=O)(=O)N2CCOCC2)c1. The van der Waals surface area contributed by atoms with E-state index in [0.29, 0.717) is 37.6 Å². The fourth-order valence-corrected chi connectivity index (χ4v) is 5.34. The molecule has 30 heavy (non-hydrogen) atoms. The van der Waals surface area contributed by atoms with Crippen LogP contribution >= 0.6 is 11.3 Å². The number of rotatable bonds is 5. The number of ether oxygens (including phenoxy) is 1. The molecule has 1 saturated heterocycles. The molecule has 1 aliphatic heterocycles. The first-order valence-corrected chi connectivity index (χ1v) is 11.8. The zero-order valence-electron chi connectivity index (χ0n) is 16.2. The van der Waals surface area contributed by atoms with Gasteiger partial charge in [0, 0.05) is 36.8 Å². The second kappa shape index (κ2) is 9.05. The normalized spacial score (nSPS) is 15.9. The Balaban J connectivity index is 1.59. The summed E-state index contributed by atoms with van der Waals surface area (Å²) in [4.78, 5) is 17.7. The number of carbonyl (C=O) groups is 1. The van der Waals surface area contributed by atoms with E-state index in [0.717, 1.165) is 5.56 Å². The summed E-state index contributed by atoms with van der Waals surface area (Å²) in [6, 6.07) is 16.0. The fourth-order valence-electron chi connectivity index (χ4n) is 3.16. The molecule has 2 aromatic carbocycles. The van der Waals surface area contributed by atoms with Crippen LogP contribution in [0.2, 0.25) is 0 Å². The molecule has 2 heterocycles. The molecule has 0 atom stereocenters. The minimum atomic E-state index is -3.67. The summed E-state index contributed by atoms with van der Waals surface area (Å²) in [5.41, 5.74) is 1.34. The Hall–Kier alpha value is -2.59. The number of carbonyl (C=O) groups excluding carboxylic acids is 1. The van der Waals surface area contributed by atoms with Crippen molar-refractivity contribution in [1.82, 2.24) is 8.87 Å². The average Bonchev–Trinajstić information content (AvgIpc) is 3.21. The summed E-state index contributed by atoms with van der Waals surface area (Å²) in [6.07, 6.45) is 1.88. The van der Waals surface area contributed by atoms with Crippen LogP contribution in [0, 0.1) is 0 Å². The smallest absolute Gasteiger partial charge is 0.279 e. The van der Waals surface area contributed by atoms with Gasteiger partial charge in [-0.15, -0.1) is 11.3 Å². The number of benzene rings is 2. The summed E-state index contributed by atoms with van der Waals surface area (Å²) >= 11 is 1.36. The summed E-state index contributed by atoms with van der Waals surface area (Å²) in [6.45, 7) is 1.95. The zero-order chi connectivity index (χ0) is 21.0. The van der Waals surface area contributed by atoms with E-state index in [9.17, 15) is 13.2 Å². The van der Waals surface area contributed by atoms with Gasteiger partial charge in [0.25, 0.3) is 5.91 Å². The van der Waals surface area contributed by atoms with Gasteiger partial charge in [0.05, 0.1) is 18.1 Å². The number of hydrogen-bond acceptors (Lipinski definition) is 5. The number of hydrogen-bond donors (Lipinski definition) is 0. The van der Waals surface area contributed by atoms with Gasteiger partial charge in [-0.25, -0.2) is 8.42 Å². The molecule has 7 nitrogen and oxygen atoms in total. The molecule has 0 spiro atoms. The molecule has 1 aromatic heterocycles. The van der Waals surface area contributed by atoms with Crippen molar-refractivity contribution in [2.75, 3.05) is 26.3 Å². The topological polar surface area (TPSA) is 81.0 Å². The molecule has 3 aromatic rings. The van der Waals surface area contributed by atoms with Crippen molar-refractivity contribution in [3.63, 3.8) is 0 Å². The van der Waals surface area contributed by atoms with Gasteiger partial charge in [-0.05, 0) is 23.8 Å². The highest BCUT2D eigenvalue weighted by Crippen LogP contribution is 2.18. The molecular formula is C21H21N3O4S2. The van der Waals surface area contributed by atoms with Gasteiger partial charge >= 0.3 is 0 Å². The summed E-state index contributed by atoms with van der Waals surface area (Å²) in [5.74, 6) is -0.474. The van der Waals surface area contributed by atoms with Crippen molar-refractivity contribution in [1.29, 1.82) is 0 Å². The van der Waals surface area contributed by atoms with Gasteiger partial charge < -0.3 is 9.30 Å². The highest BCUT2D eigenvalue weighted by molar-refractivity contribution is 7.89. The van der Waals surface area contributed by atoms with Gasteiger partial charge in [0.1, 0.15) is 0 Å².